The third-order valence-corrected chi connectivity index (χ3v) is 2.65. The van der Waals surface area contributed by atoms with Gasteiger partial charge < -0.3 is 10.1 Å². The summed E-state index contributed by atoms with van der Waals surface area (Å²) in [7, 11) is 3.39. The molecule has 0 saturated heterocycles. The van der Waals surface area contributed by atoms with Crippen LogP contribution in [0.1, 0.15) is 15.9 Å². The summed E-state index contributed by atoms with van der Waals surface area (Å²) in [5.74, 6) is 0.600. The van der Waals surface area contributed by atoms with Crippen LogP contribution in [-0.2, 0) is 7.05 Å². The Kier molecular flexibility index (Phi) is 3.32. The van der Waals surface area contributed by atoms with Gasteiger partial charge in [0.2, 0.25) is 0 Å². The monoisotopic (exact) mass is 245 g/mol. The molecule has 1 aromatic heterocycles. The van der Waals surface area contributed by atoms with Crippen molar-refractivity contribution in [2.24, 2.45) is 7.05 Å². The maximum Gasteiger partial charge on any atom is 0.258 e. The van der Waals surface area contributed by atoms with E-state index >= 15 is 0 Å². The fourth-order valence-electron chi connectivity index (χ4n) is 1.64. The second-order valence-electron chi connectivity index (χ2n) is 4.04. The largest absolute Gasteiger partial charge is 0.497 e. The third-order valence-electron chi connectivity index (χ3n) is 2.65. The van der Waals surface area contributed by atoms with Crippen molar-refractivity contribution in [2.45, 2.75) is 6.92 Å². The lowest BCUT2D eigenvalue weighted by Crippen LogP contribution is -2.12. The molecule has 1 aromatic carbocycles. The number of hydrogen-bond donors (Lipinski definition) is 1. The van der Waals surface area contributed by atoms with Gasteiger partial charge in [0.05, 0.1) is 18.9 Å². The zero-order chi connectivity index (χ0) is 13.1. The van der Waals surface area contributed by atoms with Gasteiger partial charge in [-0.15, -0.1) is 0 Å². The number of nitrogens with zero attached hydrogens (tertiary/aromatic N) is 2. The molecular formula is C13H15N3O2. The molecule has 0 aliphatic heterocycles. The van der Waals surface area contributed by atoms with Gasteiger partial charge in [0.25, 0.3) is 5.91 Å². The van der Waals surface area contributed by atoms with E-state index in [9.17, 15) is 4.79 Å². The lowest BCUT2D eigenvalue weighted by atomic mass is 10.2. The van der Waals surface area contributed by atoms with Gasteiger partial charge in [0.1, 0.15) is 5.75 Å². The summed E-state index contributed by atoms with van der Waals surface area (Å²) in [6, 6.07) is 5.51. The van der Waals surface area contributed by atoms with Crippen LogP contribution in [0.5, 0.6) is 5.75 Å². The Morgan fingerprint density at radius 2 is 2.22 bits per heavy atom. The molecule has 1 N–H and O–H groups in total. The maximum absolute atomic E-state index is 11.9. The second-order valence-corrected chi connectivity index (χ2v) is 4.04. The van der Waals surface area contributed by atoms with E-state index in [1.807, 2.05) is 25.1 Å². The molecule has 2 rings (SSSR count). The van der Waals surface area contributed by atoms with Gasteiger partial charge in [0.15, 0.2) is 0 Å². The Balaban J connectivity index is 2.16. The highest BCUT2D eigenvalue weighted by atomic mass is 16.5. The quantitative estimate of drug-likeness (QED) is 0.899. The number of rotatable bonds is 3. The van der Waals surface area contributed by atoms with E-state index in [-0.39, 0.29) is 5.91 Å². The topological polar surface area (TPSA) is 56.1 Å². The van der Waals surface area contributed by atoms with Crippen LogP contribution in [0, 0.1) is 6.92 Å². The molecule has 0 aliphatic rings. The van der Waals surface area contributed by atoms with Crippen molar-refractivity contribution >= 4 is 11.6 Å². The first-order chi connectivity index (χ1) is 8.60. The molecule has 0 bridgehead atoms. The van der Waals surface area contributed by atoms with Gasteiger partial charge in [-0.3, -0.25) is 9.48 Å². The summed E-state index contributed by atoms with van der Waals surface area (Å²) in [6.45, 7) is 1.92. The normalized spacial score (nSPS) is 10.2. The minimum atomic E-state index is -0.170. The maximum atomic E-state index is 11.9. The van der Waals surface area contributed by atoms with Gasteiger partial charge in [-0.25, -0.2) is 0 Å². The third kappa shape index (κ3) is 2.51. The van der Waals surface area contributed by atoms with Crippen molar-refractivity contribution in [3.63, 3.8) is 0 Å². The van der Waals surface area contributed by atoms with Crippen LogP contribution in [0.15, 0.2) is 30.6 Å². The summed E-state index contributed by atoms with van der Waals surface area (Å²) >= 11 is 0. The zero-order valence-corrected chi connectivity index (χ0v) is 10.6. The van der Waals surface area contributed by atoms with Crippen LogP contribution in [0.25, 0.3) is 0 Å². The Hall–Kier alpha value is -2.30. The van der Waals surface area contributed by atoms with E-state index in [0.29, 0.717) is 5.56 Å². The standard InChI is InChI=1S/C13H15N3O2/c1-9-6-11(18-3)4-5-12(9)15-13(17)10-7-14-16(2)8-10/h4-8H,1-3H3,(H,15,17). The number of nitrogens with one attached hydrogen (secondary N) is 1. The fraction of sp³-hybridized carbons (Fsp3) is 0.231. The van der Waals surface area contributed by atoms with E-state index < -0.39 is 0 Å². The highest BCUT2D eigenvalue weighted by molar-refractivity contribution is 6.04. The van der Waals surface area contributed by atoms with Gasteiger partial charge in [0, 0.05) is 18.9 Å². The number of hydrogen-bond acceptors (Lipinski definition) is 3. The molecule has 1 amide bonds. The molecule has 5 nitrogen and oxygen atoms in total. The molecule has 1 heterocycles. The molecule has 94 valence electrons. The Morgan fingerprint density at radius 1 is 1.44 bits per heavy atom. The average molecular weight is 245 g/mol. The highest BCUT2D eigenvalue weighted by Gasteiger charge is 2.09. The number of anilines is 1. The van der Waals surface area contributed by atoms with Crippen LogP contribution in [-0.4, -0.2) is 22.8 Å². The predicted octanol–water partition coefficient (Wildman–Crippen LogP) is 1.99. The molecule has 0 fully saturated rings. The Morgan fingerprint density at radius 3 is 2.78 bits per heavy atom. The predicted molar refractivity (Wildman–Crippen MR) is 68.9 cm³/mol. The molecule has 0 spiro atoms. The number of aromatic nitrogens is 2. The summed E-state index contributed by atoms with van der Waals surface area (Å²) in [5, 5.41) is 6.81. The van der Waals surface area contributed by atoms with E-state index in [1.54, 1.807) is 25.0 Å². The van der Waals surface area contributed by atoms with Crippen molar-refractivity contribution in [3.05, 3.63) is 41.7 Å². The first kappa shape index (κ1) is 12.2. The van der Waals surface area contributed by atoms with Gasteiger partial charge in [-0.1, -0.05) is 0 Å². The summed E-state index contributed by atoms with van der Waals surface area (Å²) < 4.78 is 6.71. The first-order valence-electron chi connectivity index (χ1n) is 5.55. The molecular weight excluding hydrogens is 230 g/mol. The van der Waals surface area contributed by atoms with Crippen molar-refractivity contribution in [3.8, 4) is 5.75 Å². The van der Waals surface area contributed by atoms with E-state index in [0.717, 1.165) is 17.0 Å². The summed E-state index contributed by atoms with van der Waals surface area (Å²) in [4.78, 5) is 11.9. The van der Waals surface area contributed by atoms with Gasteiger partial charge in [-0.05, 0) is 30.7 Å². The van der Waals surface area contributed by atoms with Crippen LogP contribution in [0.3, 0.4) is 0 Å². The van der Waals surface area contributed by atoms with E-state index in [2.05, 4.69) is 10.4 Å². The molecule has 2 aromatic rings. The lowest BCUT2D eigenvalue weighted by Gasteiger charge is -2.08. The zero-order valence-electron chi connectivity index (χ0n) is 10.6. The number of carbonyl (C=O) groups excluding carboxylic acids is 1. The molecule has 0 atom stereocenters. The summed E-state index contributed by atoms with van der Waals surface area (Å²) in [6.07, 6.45) is 3.21. The first-order valence-corrected chi connectivity index (χ1v) is 5.55. The number of ether oxygens (including phenoxy) is 1. The van der Waals surface area contributed by atoms with Crippen LogP contribution in [0.4, 0.5) is 5.69 Å². The molecule has 18 heavy (non-hydrogen) atoms. The van der Waals surface area contributed by atoms with E-state index in [1.165, 1.54) is 6.20 Å². The van der Waals surface area contributed by atoms with Crippen molar-refractivity contribution in [2.75, 3.05) is 12.4 Å². The van der Waals surface area contributed by atoms with Crippen LogP contribution in [0.2, 0.25) is 0 Å². The number of carbonyl (C=O) groups is 1. The lowest BCUT2D eigenvalue weighted by molar-refractivity contribution is 0.102. The Labute approximate surface area is 105 Å². The number of methoxy groups -OCH3 is 1. The average Bonchev–Trinajstić information content (AvgIpc) is 2.78. The Bertz CT molecular complexity index is 575. The van der Waals surface area contributed by atoms with Crippen molar-refractivity contribution in [1.29, 1.82) is 0 Å². The SMILES string of the molecule is COc1ccc(NC(=O)c2cnn(C)c2)c(C)c1. The van der Waals surface area contributed by atoms with Crippen LogP contribution < -0.4 is 10.1 Å². The van der Waals surface area contributed by atoms with E-state index in [4.69, 9.17) is 4.74 Å². The highest BCUT2D eigenvalue weighted by Crippen LogP contribution is 2.21. The van der Waals surface area contributed by atoms with Crippen LogP contribution >= 0.6 is 0 Å². The minimum absolute atomic E-state index is 0.170. The number of amides is 1. The van der Waals surface area contributed by atoms with Gasteiger partial charge in [-0.2, -0.15) is 5.10 Å². The smallest absolute Gasteiger partial charge is 0.258 e. The minimum Gasteiger partial charge on any atom is -0.497 e. The molecule has 0 radical (unpaired) electrons. The molecule has 0 saturated carbocycles. The number of benzene rings is 1. The van der Waals surface area contributed by atoms with Gasteiger partial charge >= 0.3 is 0 Å². The number of aryl methyl sites for hydroxylation is 2. The summed E-state index contributed by atoms with van der Waals surface area (Å²) in [5.41, 5.74) is 2.25. The molecule has 5 heteroatoms. The fourth-order valence-corrected chi connectivity index (χ4v) is 1.64. The second kappa shape index (κ2) is 4.91. The molecule has 0 unspecified atom stereocenters. The van der Waals surface area contributed by atoms with Crippen molar-refractivity contribution < 1.29 is 9.53 Å². The molecule has 0 aliphatic carbocycles. The van der Waals surface area contributed by atoms with Crippen molar-refractivity contribution in [1.82, 2.24) is 9.78 Å².